The van der Waals surface area contributed by atoms with E-state index in [0.29, 0.717) is 23.4 Å². The molecule has 0 spiro atoms. The second-order valence-corrected chi connectivity index (χ2v) is 6.02. The minimum atomic E-state index is -0.296. The van der Waals surface area contributed by atoms with Crippen LogP contribution < -0.4 is 0 Å². The number of hydrogen-bond donors (Lipinski definition) is 0. The number of halogens is 1. The summed E-state index contributed by atoms with van der Waals surface area (Å²) in [4.78, 5) is 15.8. The van der Waals surface area contributed by atoms with Gasteiger partial charge in [-0.05, 0) is 42.8 Å². The van der Waals surface area contributed by atoms with Gasteiger partial charge in [0.1, 0.15) is 17.1 Å². The predicted octanol–water partition coefficient (Wildman–Crippen LogP) is 4.26. The highest BCUT2D eigenvalue weighted by Gasteiger charge is 2.15. The van der Waals surface area contributed by atoms with Gasteiger partial charge in [0, 0.05) is 30.6 Å². The van der Waals surface area contributed by atoms with Gasteiger partial charge in [-0.1, -0.05) is 6.07 Å². The number of hydrogen-bond acceptors (Lipinski definition) is 3. The van der Waals surface area contributed by atoms with Gasteiger partial charge in [0.2, 0.25) is 5.89 Å². The summed E-state index contributed by atoms with van der Waals surface area (Å²) in [6.45, 7) is 1.56. The van der Waals surface area contributed by atoms with E-state index in [2.05, 4.69) is 4.98 Å². The fourth-order valence-corrected chi connectivity index (χ4v) is 3.02. The minimum absolute atomic E-state index is 0.0959. The number of rotatable bonds is 3. The van der Waals surface area contributed by atoms with Crippen LogP contribution in [-0.2, 0) is 18.3 Å². The summed E-state index contributed by atoms with van der Waals surface area (Å²) in [5.74, 6) is 0.245. The maximum Gasteiger partial charge on any atom is 0.229 e. The van der Waals surface area contributed by atoms with Crippen molar-refractivity contribution < 1.29 is 13.6 Å². The van der Waals surface area contributed by atoms with Crippen molar-refractivity contribution >= 4 is 27.8 Å². The summed E-state index contributed by atoms with van der Waals surface area (Å²) >= 11 is 0. The number of Topliss-reactive ketones (excluding diaryl/α,β-unsaturated/α-hetero) is 1. The molecule has 2 aromatic carbocycles. The van der Waals surface area contributed by atoms with Crippen molar-refractivity contribution in [3.05, 3.63) is 54.0 Å². The van der Waals surface area contributed by atoms with Gasteiger partial charge in [0.15, 0.2) is 5.58 Å². The van der Waals surface area contributed by atoms with E-state index in [4.69, 9.17) is 4.42 Å². The van der Waals surface area contributed by atoms with Crippen LogP contribution in [0.3, 0.4) is 0 Å². The zero-order valence-electron chi connectivity index (χ0n) is 13.3. The molecule has 0 aliphatic carbocycles. The molecule has 0 aliphatic rings. The standard InChI is InChI=1S/C19H15FN2O2/c1-11(23)7-12-3-5-16-18(8-12)24-19(21-16)15-10-22(2)17-6-4-13(20)9-14(15)17/h3-6,8-10H,7H2,1-2H3. The lowest BCUT2D eigenvalue weighted by molar-refractivity contribution is -0.116. The zero-order chi connectivity index (χ0) is 16.8. The van der Waals surface area contributed by atoms with Crippen molar-refractivity contribution in [3.63, 3.8) is 0 Å². The molecule has 24 heavy (non-hydrogen) atoms. The third-order valence-electron chi connectivity index (χ3n) is 4.09. The third-order valence-corrected chi connectivity index (χ3v) is 4.09. The van der Waals surface area contributed by atoms with Gasteiger partial charge >= 0.3 is 0 Å². The van der Waals surface area contributed by atoms with Gasteiger partial charge in [-0.15, -0.1) is 0 Å². The molecule has 0 unspecified atom stereocenters. The van der Waals surface area contributed by atoms with Crippen LogP contribution in [0.2, 0.25) is 0 Å². The van der Waals surface area contributed by atoms with Crippen molar-refractivity contribution in [1.82, 2.24) is 9.55 Å². The van der Waals surface area contributed by atoms with Crippen LogP contribution in [0.15, 0.2) is 47.0 Å². The maximum absolute atomic E-state index is 13.6. The largest absolute Gasteiger partial charge is 0.436 e. The van der Waals surface area contributed by atoms with Crippen LogP contribution in [0.1, 0.15) is 12.5 Å². The topological polar surface area (TPSA) is 48.0 Å². The molecule has 4 aromatic rings. The van der Waals surface area contributed by atoms with E-state index in [1.54, 1.807) is 13.0 Å². The summed E-state index contributed by atoms with van der Waals surface area (Å²) in [6.07, 6.45) is 2.25. The highest BCUT2D eigenvalue weighted by atomic mass is 19.1. The van der Waals surface area contributed by atoms with E-state index in [9.17, 15) is 9.18 Å². The first-order valence-electron chi connectivity index (χ1n) is 7.65. The van der Waals surface area contributed by atoms with E-state index in [-0.39, 0.29) is 11.6 Å². The molecule has 0 radical (unpaired) electrons. The Hall–Kier alpha value is -2.95. The number of carbonyl (C=O) groups excluding carboxylic acids is 1. The Labute approximate surface area is 137 Å². The van der Waals surface area contributed by atoms with E-state index in [0.717, 1.165) is 22.0 Å². The minimum Gasteiger partial charge on any atom is -0.436 e. The molecule has 5 heteroatoms. The van der Waals surface area contributed by atoms with Crippen LogP contribution in [0.5, 0.6) is 0 Å². The number of benzene rings is 2. The van der Waals surface area contributed by atoms with Crippen LogP contribution in [0, 0.1) is 5.82 Å². The van der Waals surface area contributed by atoms with Gasteiger partial charge in [-0.25, -0.2) is 9.37 Å². The second kappa shape index (κ2) is 5.30. The van der Waals surface area contributed by atoms with Crippen molar-refractivity contribution in [2.75, 3.05) is 0 Å². The molecule has 0 N–H and O–H groups in total. The number of nitrogens with zero attached hydrogens (tertiary/aromatic N) is 2. The first kappa shape index (κ1) is 14.6. The number of fused-ring (bicyclic) bond motifs is 2. The average molecular weight is 322 g/mol. The molecule has 4 rings (SSSR count). The first-order chi connectivity index (χ1) is 11.5. The number of aromatic nitrogens is 2. The highest BCUT2D eigenvalue weighted by Crippen LogP contribution is 2.32. The summed E-state index contributed by atoms with van der Waals surface area (Å²) in [5, 5.41) is 0.757. The summed E-state index contributed by atoms with van der Waals surface area (Å²) < 4.78 is 21.4. The van der Waals surface area contributed by atoms with E-state index >= 15 is 0 Å². The predicted molar refractivity (Wildman–Crippen MR) is 90.3 cm³/mol. The zero-order valence-corrected chi connectivity index (χ0v) is 13.3. The summed E-state index contributed by atoms with van der Waals surface area (Å²) in [6, 6.07) is 10.2. The van der Waals surface area contributed by atoms with Crippen molar-refractivity contribution in [2.45, 2.75) is 13.3 Å². The lowest BCUT2D eigenvalue weighted by Crippen LogP contribution is -1.95. The average Bonchev–Trinajstić information content (AvgIpc) is 3.07. The SMILES string of the molecule is CC(=O)Cc1ccc2nc(-c3cn(C)c4ccc(F)cc34)oc2c1. The van der Waals surface area contributed by atoms with Crippen LogP contribution in [0.25, 0.3) is 33.5 Å². The Balaban J connectivity index is 1.87. The normalized spacial score (nSPS) is 11.5. The molecule has 0 aliphatic heterocycles. The molecule has 2 heterocycles. The van der Waals surface area contributed by atoms with Crippen LogP contribution in [-0.4, -0.2) is 15.3 Å². The van der Waals surface area contributed by atoms with Gasteiger partial charge < -0.3 is 8.98 Å². The van der Waals surface area contributed by atoms with Crippen molar-refractivity contribution in [1.29, 1.82) is 0 Å². The Morgan fingerprint density at radius 1 is 1.25 bits per heavy atom. The van der Waals surface area contributed by atoms with E-state index in [1.165, 1.54) is 12.1 Å². The van der Waals surface area contributed by atoms with Gasteiger partial charge in [-0.3, -0.25) is 4.79 Å². The quantitative estimate of drug-likeness (QED) is 0.566. The monoisotopic (exact) mass is 322 g/mol. The molecular weight excluding hydrogens is 307 g/mol. The Morgan fingerprint density at radius 2 is 2.08 bits per heavy atom. The summed E-state index contributed by atoms with van der Waals surface area (Å²) in [5.41, 5.74) is 3.88. The maximum atomic E-state index is 13.6. The van der Waals surface area contributed by atoms with E-state index < -0.39 is 0 Å². The second-order valence-electron chi connectivity index (χ2n) is 6.02. The Morgan fingerprint density at radius 3 is 2.88 bits per heavy atom. The Kier molecular flexibility index (Phi) is 3.23. The van der Waals surface area contributed by atoms with Crippen LogP contribution in [0.4, 0.5) is 4.39 Å². The number of ketones is 1. The lowest BCUT2D eigenvalue weighted by atomic mass is 10.1. The molecule has 0 saturated heterocycles. The van der Waals surface area contributed by atoms with E-state index in [1.807, 2.05) is 36.0 Å². The first-order valence-corrected chi connectivity index (χ1v) is 7.65. The Bertz CT molecular complexity index is 1090. The molecule has 0 amide bonds. The molecule has 0 atom stereocenters. The molecule has 120 valence electrons. The molecule has 2 aromatic heterocycles. The molecule has 0 bridgehead atoms. The third kappa shape index (κ3) is 2.38. The molecule has 0 fully saturated rings. The number of aryl methyl sites for hydroxylation is 1. The van der Waals surface area contributed by atoms with Gasteiger partial charge in [0.25, 0.3) is 0 Å². The smallest absolute Gasteiger partial charge is 0.229 e. The highest BCUT2D eigenvalue weighted by molar-refractivity contribution is 5.95. The van der Waals surface area contributed by atoms with Crippen molar-refractivity contribution in [3.8, 4) is 11.5 Å². The molecular formula is C19H15FN2O2. The number of oxazole rings is 1. The molecule has 4 nitrogen and oxygen atoms in total. The number of carbonyl (C=O) groups is 1. The van der Waals surface area contributed by atoms with Gasteiger partial charge in [-0.2, -0.15) is 0 Å². The lowest BCUT2D eigenvalue weighted by Gasteiger charge is -1.96. The fraction of sp³-hybridized carbons (Fsp3) is 0.158. The van der Waals surface area contributed by atoms with Gasteiger partial charge in [0.05, 0.1) is 5.56 Å². The molecule has 0 saturated carbocycles. The summed E-state index contributed by atoms with van der Waals surface area (Å²) in [7, 11) is 1.90. The van der Waals surface area contributed by atoms with Crippen LogP contribution >= 0.6 is 0 Å². The fourth-order valence-electron chi connectivity index (χ4n) is 3.02. The van der Waals surface area contributed by atoms with Crippen molar-refractivity contribution in [2.24, 2.45) is 7.05 Å².